The Morgan fingerprint density at radius 3 is 2.62 bits per heavy atom. The summed E-state index contributed by atoms with van der Waals surface area (Å²) in [5.41, 5.74) is 8.58. The zero-order valence-corrected chi connectivity index (χ0v) is 20.9. The number of thiocarbonyl (C=S) groups is 1. The van der Waals surface area contributed by atoms with E-state index in [4.69, 9.17) is 16.6 Å². The van der Waals surface area contributed by atoms with Crippen LogP contribution in [-0.4, -0.2) is 19.6 Å². The lowest BCUT2D eigenvalue weighted by Gasteiger charge is -2.27. The number of hydrogen-bond donors (Lipinski definition) is 1. The van der Waals surface area contributed by atoms with Crippen molar-refractivity contribution >= 4 is 17.3 Å². The molecule has 5 rings (SSSR count). The fourth-order valence-corrected chi connectivity index (χ4v) is 5.55. The molecule has 0 amide bonds. The number of hydrogen-bond acceptors (Lipinski definition) is 3. The summed E-state index contributed by atoms with van der Waals surface area (Å²) in [4.78, 5) is 6.92. The van der Waals surface area contributed by atoms with E-state index < -0.39 is 0 Å². The van der Waals surface area contributed by atoms with Crippen molar-refractivity contribution in [3.63, 3.8) is 0 Å². The molecule has 3 aromatic heterocycles. The molecule has 6 heteroatoms. The van der Waals surface area contributed by atoms with Crippen LogP contribution in [0.2, 0.25) is 0 Å². The third kappa shape index (κ3) is 3.82. The van der Waals surface area contributed by atoms with Gasteiger partial charge in [-0.3, -0.25) is 4.98 Å². The second-order valence-electron chi connectivity index (χ2n) is 8.93. The molecule has 5 nitrogen and oxygen atoms in total. The largest absolute Gasteiger partial charge is 0.467 e. The van der Waals surface area contributed by atoms with Gasteiger partial charge in [-0.05, 0) is 86.4 Å². The number of aryl methyl sites for hydroxylation is 3. The molecule has 1 fully saturated rings. The first kappa shape index (κ1) is 22.4. The van der Waals surface area contributed by atoms with Crippen molar-refractivity contribution in [2.75, 3.05) is 0 Å². The highest BCUT2D eigenvalue weighted by molar-refractivity contribution is 7.80. The van der Waals surface area contributed by atoms with Gasteiger partial charge in [0.2, 0.25) is 0 Å². The van der Waals surface area contributed by atoms with Crippen LogP contribution in [0, 0.1) is 20.8 Å². The van der Waals surface area contributed by atoms with Crippen molar-refractivity contribution in [3.8, 4) is 5.69 Å². The first-order valence-electron chi connectivity index (χ1n) is 11.8. The van der Waals surface area contributed by atoms with E-state index in [1.807, 2.05) is 30.5 Å². The average Bonchev–Trinajstić information content (AvgIpc) is 3.54. The third-order valence-electron chi connectivity index (χ3n) is 6.82. The van der Waals surface area contributed by atoms with Crippen molar-refractivity contribution in [3.05, 3.63) is 107 Å². The first-order valence-corrected chi connectivity index (χ1v) is 12.2. The molecule has 0 aliphatic carbocycles. The topological polar surface area (TPSA) is 46.2 Å². The fraction of sp³-hybridized carbons (Fsp3) is 0.286. The summed E-state index contributed by atoms with van der Waals surface area (Å²) in [6.07, 6.45) is 4.54. The predicted molar refractivity (Wildman–Crippen MR) is 139 cm³/mol. The summed E-state index contributed by atoms with van der Waals surface area (Å²) in [6.45, 7) is 9.42. The molecular weight excluding hydrogens is 440 g/mol. The lowest BCUT2D eigenvalue weighted by Crippen LogP contribution is -2.29. The minimum absolute atomic E-state index is 0.0125. The monoisotopic (exact) mass is 470 g/mol. The lowest BCUT2D eigenvalue weighted by molar-refractivity contribution is 0.286. The number of para-hydroxylation sites is 1. The van der Waals surface area contributed by atoms with Crippen molar-refractivity contribution in [1.82, 2.24) is 19.8 Å². The number of rotatable bonds is 6. The summed E-state index contributed by atoms with van der Waals surface area (Å²) in [5, 5.41) is 4.27. The van der Waals surface area contributed by atoms with Crippen molar-refractivity contribution in [1.29, 1.82) is 0 Å². The Bertz CT molecular complexity index is 1310. The highest BCUT2D eigenvalue weighted by atomic mass is 32.1. The molecule has 174 valence electrons. The summed E-state index contributed by atoms with van der Waals surface area (Å²) >= 11 is 5.84. The van der Waals surface area contributed by atoms with Gasteiger partial charge in [0.15, 0.2) is 5.11 Å². The van der Waals surface area contributed by atoms with Crippen LogP contribution in [0.3, 0.4) is 0 Å². The van der Waals surface area contributed by atoms with Crippen molar-refractivity contribution < 1.29 is 4.42 Å². The molecule has 1 aromatic carbocycles. The molecule has 0 spiro atoms. The highest BCUT2D eigenvalue weighted by Gasteiger charge is 2.41. The zero-order valence-electron chi connectivity index (χ0n) is 20.1. The molecule has 0 unspecified atom stereocenters. The van der Waals surface area contributed by atoms with Gasteiger partial charge in [-0.1, -0.05) is 31.2 Å². The van der Waals surface area contributed by atoms with Crippen molar-refractivity contribution in [2.24, 2.45) is 0 Å². The maximum Gasteiger partial charge on any atom is 0.170 e. The zero-order chi connectivity index (χ0) is 23.8. The minimum atomic E-state index is -0.0554. The van der Waals surface area contributed by atoms with Crippen LogP contribution in [0.15, 0.2) is 71.5 Å². The maximum atomic E-state index is 5.84. The Morgan fingerprint density at radius 1 is 1.06 bits per heavy atom. The van der Waals surface area contributed by atoms with Crippen LogP contribution in [0.5, 0.6) is 0 Å². The minimum Gasteiger partial charge on any atom is -0.467 e. The second kappa shape index (κ2) is 9.11. The summed E-state index contributed by atoms with van der Waals surface area (Å²) < 4.78 is 8.10. The molecule has 4 heterocycles. The van der Waals surface area contributed by atoms with E-state index in [1.54, 1.807) is 6.26 Å². The SMILES string of the molecule is CCc1cccc(C)c1-n1c(C)cc([C@@H]2[C@H](c3ccccn3)NC(=S)N2Cc2ccco2)c1C. The maximum absolute atomic E-state index is 5.84. The quantitative estimate of drug-likeness (QED) is 0.344. The standard InChI is InChI=1S/C28H30N4OS/c1-5-21-11-8-10-18(2)26(21)32-19(3)16-23(20(32)4)27-25(24-13-6-7-14-29-24)30-28(34)31(27)17-22-12-9-15-33-22/h6-16,25,27H,5,17H2,1-4H3,(H,30,34)/t25-,27+/m0/s1. The highest BCUT2D eigenvalue weighted by Crippen LogP contribution is 2.42. The van der Waals surface area contributed by atoms with Crippen LogP contribution >= 0.6 is 12.2 Å². The summed E-state index contributed by atoms with van der Waals surface area (Å²) in [7, 11) is 0. The number of furan rings is 1. The number of nitrogens with zero attached hydrogens (tertiary/aromatic N) is 3. The van der Waals surface area contributed by atoms with Gasteiger partial charge in [0.05, 0.1) is 36.3 Å². The molecule has 0 saturated carbocycles. The molecule has 1 N–H and O–H groups in total. The van der Waals surface area contributed by atoms with E-state index in [-0.39, 0.29) is 12.1 Å². The van der Waals surface area contributed by atoms with Gasteiger partial charge in [0.25, 0.3) is 0 Å². The Labute approximate surface area is 206 Å². The normalized spacial score (nSPS) is 17.9. The van der Waals surface area contributed by atoms with Crippen LogP contribution in [-0.2, 0) is 13.0 Å². The molecule has 1 saturated heterocycles. The number of pyridine rings is 1. The van der Waals surface area contributed by atoms with Gasteiger partial charge in [-0.25, -0.2) is 0 Å². The van der Waals surface area contributed by atoms with E-state index in [0.29, 0.717) is 11.7 Å². The predicted octanol–water partition coefficient (Wildman–Crippen LogP) is 6.13. The van der Waals surface area contributed by atoms with Crippen LogP contribution in [0.25, 0.3) is 5.69 Å². The van der Waals surface area contributed by atoms with Crippen LogP contribution < -0.4 is 5.32 Å². The number of aromatic nitrogens is 2. The Morgan fingerprint density at radius 2 is 1.91 bits per heavy atom. The van der Waals surface area contributed by atoms with Crippen molar-refractivity contribution in [2.45, 2.75) is 52.7 Å². The summed E-state index contributed by atoms with van der Waals surface area (Å²) in [6, 6.07) is 18.8. The molecule has 1 aliphatic heterocycles. The average molecular weight is 471 g/mol. The van der Waals surface area contributed by atoms with Gasteiger partial charge in [-0.2, -0.15) is 0 Å². The molecule has 4 aromatic rings. The fourth-order valence-electron chi connectivity index (χ4n) is 5.24. The third-order valence-corrected chi connectivity index (χ3v) is 7.17. The van der Waals surface area contributed by atoms with Gasteiger partial charge < -0.3 is 19.2 Å². The number of nitrogens with one attached hydrogen (secondary N) is 1. The molecule has 0 bridgehead atoms. The van der Waals surface area contributed by atoms with Gasteiger partial charge in [0, 0.05) is 17.6 Å². The Hall–Kier alpha value is -3.38. The van der Waals surface area contributed by atoms with Crippen LogP contribution in [0.4, 0.5) is 0 Å². The van der Waals surface area contributed by atoms with Crippen LogP contribution in [0.1, 0.15) is 58.5 Å². The summed E-state index contributed by atoms with van der Waals surface area (Å²) in [5.74, 6) is 0.886. The van der Waals surface area contributed by atoms with Gasteiger partial charge in [0.1, 0.15) is 5.76 Å². The van der Waals surface area contributed by atoms with E-state index >= 15 is 0 Å². The Balaban J connectivity index is 1.66. The second-order valence-corrected chi connectivity index (χ2v) is 9.32. The van der Waals surface area contributed by atoms with E-state index in [1.165, 1.54) is 33.8 Å². The van der Waals surface area contributed by atoms with E-state index in [0.717, 1.165) is 17.9 Å². The smallest absolute Gasteiger partial charge is 0.170 e. The van der Waals surface area contributed by atoms with E-state index in [2.05, 4.69) is 77.8 Å². The van der Waals surface area contributed by atoms with E-state index in [9.17, 15) is 0 Å². The Kier molecular flexibility index (Phi) is 6.00. The number of benzene rings is 1. The molecule has 2 atom stereocenters. The molecular formula is C28H30N4OS. The first-order chi connectivity index (χ1) is 16.5. The molecule has 0 radical (unpaired) electrons. The lowest BCUT2D eigenvalue weighted by atomic mass is 9.96. The molecule has 34 heavy (non-hydrogen) atoms. The van der Waals surface area contributed by atoms with Gasteiger partial charge >= 0.3 is 0 Å². The van der Waals surface area contributed by atoms with Gasteiger partial charge in [-0.15, -0.1) is 0 Å². The molecule has 1 aliphatic rings.